The minimum Gasteiger partial charge on any atom is -0.488 e. The molecule has 0 aromatic heterocycles. The van der Waals surface area contributed by atoms with Crippen LogP contribution < -0.4 is 4.74 Å². The van der Waals surface area contributed by atoms with Crippen LogP contribution in [0.25, 0.3) is 0 Å². The van der Waals surface area contributed by atoms with Gasteiger partial charge in [-0.1, -0.05) is 37.0 Å². The lowest BCUT2D eigenvalue weighted by molar-refractivity contribution is -0.0294. The van der Waals surface area contributed by atoms with Crippen LogP contribution in [0, 0.1) is 5.41 Å². The van der Waals surface area contributed by atoms with Crippen molar-refractivity contribution < 1.29 is 4.74 Å². The molecule has 3 unspecified atom stereocenters. The molecule has 0 N–H and O–H groups in total. The Morgan fingerprint density at radius 2 is 2.12 bits per heavy atom. The van der Waals surface area contributed by atoms with Crippen LogP contribution in [0.15, 0.2) is 18.2 Å². The van der Waals surface area contributed by atoms with Gasteiger partial charge in [-0.3, -0.25) is 0 Å². The van der Waals surface area contributed by atoms with Crippen molar-refractivity contribution in [3.63, 3.8) is 0 Å². The summed E-state index contributed by atoms with van der Waals surface area (Å²) < 4.78 is 5.94. The predicted octanol–water partition coefficient (Wildman–Crippen LogP) is 5.17. The number of hydrogen-bond donors (Lipinski definition) is 0. The first-order chi connectivity index (χ1) is 7.97. The van der Waals surface area contributed by atoms with Gasteiger partial charge in [0.2, 0.25) is 0 Å². The maximum atomic E-state index is 6.25. The molecule has 1 nitrogen and oxygen atoms in total. The summed E-state index contributed by atoms with van der Waals surface area (Å²) in [5, 5.41) is 1.35. The summed E-state index contributed by atoms with van der Waals surface area (Å²) in [6.07, 6.45) is 2.00. The van der Waals surface area contributed by atoms with E-state index in [0.717, 1.165) is 12.8 Å². The Hall–Kier alpha value is -0.110. The van der Waals surface area contributed by atoms with Crippen molar-refractivity contribution >= 4 is 34.8 Å². The monoisotopic (exact) mass is 292 g/mol. The van der Waals surface area contributed by atoms with E-state index in [-0.39, 0.29) is 16.9 Å². The highest BCUT2D eigenvalue weighted by molar-refractivity contribution is 6.35. The van der Waals surface area contributed by atoms with Gasteiger partial charge in [0.25, 0.3) is 0 Å². The topological polar surface area (TPSA) is 9.23 Å². The molecule has 0 heterocycles. The summed E-state index contributed by atoms with van der Waals surface area (Å²) in [6, 6.07) is 5.28. The van der Waals surface area contributed by atoms with Crippen LogP contribution >= 0.6 is 34.8 Å². The van der Waals surface area contributed by atoms with Crippen molar-refractivity contribution in [1.82, 2.24) is 0 Å². The Morgan fingerprint density at radius 3 is 2.65 bits per heavy atom. The van der Waals surface area contributed by atoms with Crippen molar-refractivity contribution in [2.24, 2.45) is 5.41 Å². The number of halogens is 3. The fourth-order valence-electron chi connectivity index (χ4n) is 2.12. The van der Waals surface area contributed by atoms with E-state index in [1.54, 1.807) is 12.1 Å². The number of rotatable bonds is 3. The van der Waals surface area contributed by atoms with Gasteiger partial charge in [-0.2, -0.15) is 0 Å². The standard InChI is InChI=1S/C13H15Cl3O/c1-3-13(2)11(16)7-12(13)17-10-5-4-8(14)6-9(10)15/h4-6,11-12H,3,7H2,1-2H3. The van der Waals surface area contributed by atoms with Crippen molar-refractivity contribution in [1.29, 1.82) is 0 Å². The summed E-state index contributed by atoms with van der Waals surface area (Å²) in [6.45, 7) is 4.29. The molecule has 0 radical (unpaired) electrons. The number of ether oxygens (including phenoxy) is 1. The summed E-state index contributed by atoms with van der Waals surface area (Å²) in [5.74, 6) is 0.685. The van der Waals surface area contributed by atoms with E-state index in [1.165, 1.54) is 0 Å². The van der Waals surface area contributed by atoms with E-state index < -0.39 is 0 Å². The van der Waals surface area contributed by atoms with Gasteiger partial charge >= 0.3 is 0 Å². The Kier molecular flexibility index (Phi) is 3.82. The van der Waals surface area contributed by atoms with Crippen LogP contribution in [0.2, 0.25) is 10.0 Å². The zero-order valence-corrected chi connectivity index (χ0v) is 12.1. The Morgan fingerprint density at radius 1 is 1.41 bits per heavy atom. The fourth-order valence-corrected chi connectivity index (χ4v) is 3.03. The van der Waals surface area contributed by atoms with Gasteiger partial charge in [0.15, 0.2) is 0 Å². The van der Waals surface area contributed by atoms with Gasteiger partial charge in [0, 0.05) is 22.2 Å². The molecule has 1 fully saturated rings. The number of hydrogen-bond acceptors (Lipinski definition) is 1. The van der Waals surface area contributed by atoms with Crippen molar-refractivity contribution in [2.45, 2.75) is 38.2 Å². The maximum Gasteiger partial charge on any atom is 0.138 e. The first kappa shape index (κ1) is 13.3. The molecule has 1 aromatic rings. The molecule has 1 saturated carbocycles. The lowest BCUT2D eigenvalue weighted by Gasteiger charge is -2.50. The summed E-state index contributed by atoms with van der Waals surface area (Å²) in [7, 11) is 0. The van der Waals surface area contributed by atoms with Gasteiger partial charge < -0.3 is 4.74 Å². The molecule has 0 saturated heterocycles. The van der Waals surface area contributed by atoms with E-state index >= 15 is 0 Å². The van der Waals surface area contributed by atoms with Crippen LogP contribution in [0.1, 0.15) is 26.7 Å². The smallest absolute Gasteiger partial charge is 0.138 e. The molecule has 2 rings (SSSR count). The minimum absolute atomic E-state index is 0.0323. The Labute approximate surface area is 117 Å². The zero-order valence-electron chi connectivity index (χ0n) is 9.84. The first-order valence-corrected chi connectivity index (χ1v) is 6.92. The Balaban J connectivity index is 2.12. The second-order valence-electron chi connectivity index (χ2n) is 4.74. The average molecular weight is 294 g/mol. The second-order valence-corrected chi connectivity index (χ2v) is 6.11. The maximum absolute atomic E-state index is 6.25. The fraction of sp³-hybridized carbons (Fsp3) is 0.538. The van der Waals surface area contributed by atoms with Crippen molar-refractivity contribution in [3.05, 3.63) is 28.2 Å². The average Bonchev–Trinajstić information content (AvgIpc) is 2.30. The van der Waals surface area contributed by atoms with Gasteiger partial charge in [0.05, 0.1) is 5.02 Å². The molecule has 1 aliphatic rings. The van der Waals surface area contributed by atoms with Gasteiger partial charge in [0.1, 0.15) is 11.9 Å². The highest BCUT2D eigenvalue weighted by atomic mass is 35.5. The molecule has 94 valence electrons. The molecular formula is C13H15Cl3O. The van der Waals surface area contributed by atoms with Gasteiger partial charge in [-0.25, -0.2) is 0 Å². The lowest BCUT2D eigenvalue weighted by Crippen LogP contribution is -2.55. The molecule has 4 heteroatoms. The molecule has 0 aliphatic heterocycles. The van der Waals surface area contributed by atoms with Crippen LogP contribution in [-0.4, -0.2) is 11.5 Å². The summed E-state index contributed by atoms with van der Waals surface area (Å²) >= 11 is 18.2. The third kappa shape index (κ3) is 2.38. The number of alkyl halides is 1. The quantitative estimate of drug-likeness (QED) is 0.699. The van der Waals surface area contributed by atoms with Gasteiger partial charge in [-0.15, -0.1) is 11.6 Å². The molecule has 17 heavy (non-hydrogen) atoms. The third-order valence-corrected chi connectivity index (χ3v) is 5.00. The minimum atomic E-state index is 0.0323. The van der Waals surface area contributed by atoms with E-state index in [1.807, 2.05) is 6.07 Å². The molecule has 3 atom stereocenters. The molecule has 0 spiro atoms. The summed E-state index contributed by atoms with van der Waals surface area (Å²) in [5.41, 5.74) is 0.0323. The second kappa shape index (κ2) is 4.87. The molecule has 1 aromatic carbocycles. The van der Waals surface area contributed by atoms with Crippen molar-refractivity contribution in [3.8, 4) is 5.75 Å². The summed E-state index contributed by atoms with van der Waals surface area (Å²) in [4.78, 5) is 0. The van der Waals surface area contributed by atoms with E-state index in [4.69, 9.17) is 39.5 Å². The SMILES string of the molecule is CCC1(C)C(Cl)CC1Oc1ccc(Cl)cc1Cl. The molecular weight excluding hydrogens is 279 g/mol. The zero-order chi connectivity index (χ0) is 12.6. The Bertz CT molecular complexity index is 421. The van der Waals surface area contributed by atoms with Crippen LogP contribution in [0.5, 0.6) is 5.75 Å². The molecule has 0 amide bonds. The highest BCUT2D eigenvalue weighted by Crippen LogP contribution is 2.49. The lowest BCUT2D eigenvalue weighted by atomic mass is 9.65. The largest absolute Gasteiger partial charge is 0.488 e. The predicted molar refractivity (Wildman–Crippen MR) is 73.5 cm³/mol. The van der Waals surface area contributed by atoms with Crippen LogP contribution in [-0.2, 0) is 0 Å². The van der Waals surface area contributed by atoms with Crippen LogP contribution in [0.4, 0.5) is 0 Å². The van der Waals surface area contributed by atoms with E-state index in [2.05, 4.69) is 13.8 Å². The third-order valence-electron chi connectivity index (χ3n) is 3.80. The molecule has 1 aliphatic carbocycles. The first-order valence-electron chi connectivity index (χ1n) is 5.73. The van der Waals surface area contributed by atoms with Crippen LogP contribution in [0.3, 0.4) is 0 Å². The van der Waals surface area contributed by atoms with E-state index in [0.29, 0.717) is 15.8 Å². The van der Waals surface area contributed by atoms with Gasteiger partial charge in [-0.05, 0) is 24.6 Å². The number of benzene rings is 1. The normalized spacial score (nSPS) is 32.1. The van der Waals surface area contributed by atoms with E-state index in [9.17, 15) is 0 Å². The molecule has 0 bridgehead atoms. The highest BCUT2D eigenvalue weighted by Gasteiger charge is 2.51. The van der Waals surface area contributed by atoms with Crippen molar-refractivity contribution in [2.75, 3.05) is 0 Å².